The van der Waals surface area contributed by atoms with Crippen molar-refractivity contribution in [1.29, 1.82) is 0 Å². The van der Waals surface area contributed by atoms with Gasteiger partial charge in [-0.05, 0) is 12.1 Å². The molecule has 10 heavy (non-hydrogen) atoms. The fraction of sp³-hybridized carbons (Fsp3) is 0. The van der Waals surface area contributed by atoms with Gasteiger partial charge in [0.15, 0.2) is 0 Å². The highest BCUT2D eigenvalue weighted by molar-refractivity contribution is 14.1. The van der Waals surface area contributed by atoms with Crippen LogP contribution < -0.4 is 0 Å². The second-order valence-corrected chi connectivity index (χ2v) is 2.65. The Morgan fingerprint density at radius 2 is 2.30 bits per heavy atom. The molecule has 0 saturated carbocycles. The molecule has 0 atom stereocenters. The first kappa shape index (κ1) is 6.02. The first-order valence-corrected chi connectivity index (χ1v) is 3.67. The summed E-state index contributed by atoms with van der Waals surface area (Å²) in [7, 11) is 0. The maximum Gasteiger partial charge on any atom is 0.202 e. The fourth-order valence-electron chi connectivity index (χ4n) is 0.733. The molecule has 0 fully saturated rings. The van der Waals surface area contributed by atoms with Crippen LogP contribution in [-0.4, -0.2) is 18.2 Å². The highest BCUT2D eigenvalue weighted by Gasteiger charge is 1.97. The standard InChI is InChI=1S/C5H3IN4/c6-10-8-4-2-1-3-7-5(4)9-10/h1-3H. The van der Waals surface area contributed by atoms with E-state index in [-0.39, 0.29) is 0 Å². The Morgan fingerprint density at radius 3 is 3.10 bits per heavy atom. The van der Waals surface area contributed by atoms with Crippen molar-refractivity contribution in [3.05, 3.63) is 18.3 Å². The molecule has 5 heteroatoms. The Bertz CT molecular complexity index is 322. The Kier molecular flexibility index (Phi) is 1.30. The van der Waals surface area contributed by atoms with Crippen molar-refractivity contribution in [3.63, 3.8) is 0 Å². The van der Waals surface area contributed by atoms with Gasteiger partial charge in [0.05, 0.1) is 0 Å². The van der Waals surface area contributed by atoms with Crippen molar-refractivity contribution in [3.8, 4) is 0 Å². The molecule has 0 spiro atoms. The number of aromatic nitrogens is 4. The lowest BCUT2D eigenvalue weighted by Gasteiger charge is -1.77. The van der Waals surface area contributed by atoms with Crippen LogP contribution in [0.25, 0.3) is 11.2 Å². The summed E-state index contributed by atoms with van der Waals surface area (Å²) in [6, 6.07) is 3.72. The van der Waals surface area contributed by atoms with Crippen molar-refractivity contribution < 1.29 is 0 Å². The zero-order valence-corrected chi connectivity index (χ0v) is 7.06. The number of halogens is 1. The van der Waals surface area contributed by atoms with Gasteiger partial charge in [0.1, 0.15) is 28.4 Å². The summed E-state index contributed by atoms with van der Waals surface area (Å²) in [5.74, 6) is 0. The van der Waals surface area contributed by atoms with Crippen molar-refractivity contribution in [2.75, 3.05) is 0 Å². The third-order valence-electron chi connectivity index (χ3n) is 1.13. The topological polar surface area (TPSA) is 43.6 Å². The fourth-order valence-corrected chi connectivity index (χ4v) is 1.17. The molecule has 2 heterocycles. The van der Waals surface area contributed by atoms with Crippen LogP contribution in [0.3, 0.4) is 0 Å². The van der Waals surface area contributed by atoms with E-state index in [0.29, 0.717) is 5.65 Å². The van der Waals surface area contributed by atoms with Gasteiger partial charge in [-0.2, -0.15) is 0 Å². The first-order chi connectivity index (χ1) is 4.86. The summed E-state index contributed by atoms with van der Waals surface area (Å²) in [6.07, 6.45) is 1.70. The van der Waals surface area contributed by atoms with Crippen LogP contribution in [0.15, 0.2) is 18.3 Å². The van der Waals surface area contributed by atoms with Crippen LogP contribution >= 0.6 is 22.9 Å². The average Bonchev–Trinajstić information content (AvgIpc) is 2.27. The number of nitrogens with zero attached hydrogens (tertiary/aromatic N) is 4. The van der Waals surface area contributed by atoms with Gasteiger partial charge in [-0.1, -0.05) is 0 Å². The second-order valence-electron chi connectivity index (χ2n) is 1.79. The molecule has 0 N–H and O–H groups in total. The molecule has 2 rings (SSSR count). The summed E-state index contributed by atoms with van der Waals surface area (Å²) in [5, 5.41) is 8.04. The molecule has 0 unspecified atom stereocenters. The smallest absolute Gasteiger partial charge is 0.202 e. The summed E-state index contributed by atoms with van der Waals surface area (Å²) in [4.78, 5) is 4.00. The third-order valence-corrected chi connectivity index (χ3v) is 1.57. The normalized spacial score (nSPS) is 10.5. The molecule has 0 bridgehead atoms. The number of hydrogen-bond acceptors (Lipinski definition) is 3. The van der Waals surface area contributed by atoms with Crippen LogP contribution in [0.1, 0.15) is 0 Å². The van der Waals surface area contributed by atoms with Gasteiger partial charge in [0.2, 0.25) is 5.65 Å². The van der Waals surface area contributed by atoms with Crippen molar-refractivity contribution in [2.45, 2.75) is 0 Å². The monoisotopic (exact) mass is 246 g/mol. The lowest BCUT2D eigenvalue weighted by molar-refractivity contribution is 0.920. The predicted octanol–water partition coefficient (Wildman–Crippen LogP) is 1.02. The second kappa shape index (κ2) is 2.15. The third kappa shape index (κ3) is 0.859. The van der Waals surface area contributed by atoms with Gasteiger partial charge >= 0.3 is 0 Å². The van der Waals surface area contributed by atoms with E-state index in [1.54, 1.807) is 6.20 Å². The van der Waals surface area contributed by atoms with E-state index in [1.807, 2.05) is 35.0 Å². The molecule has 4 nitrogen and oxygen atoms in total. The predicted molar refractivity (Wildman–Crippen MR) is 44.7 cm³/mol. The van der Waals surface area contributed by atoms with Crippen LogP contribution in [0.5, 0.6) is 0 Å². The van der Waals surface area contributed by atoms with Gasteiger partial charge in [0, 0.05) is 6.20 Å². The molecule has 2 aromatic rings. The molecule has 0 amide bonds. The van der Waals surface area contributed by atoms with E-state index in [2.05, 4.69) is 15.2 Å². The first-order valence-electron chi connectivity index (χ1n) is 2.70. The summed E-state index contributed by atoms with van der Waals surface area (Å²) in [6.45, 7) is 0. The van der Waals surface area contributed by atoms with E-state index >= 15 is 0 Å². The van der Waals surface area contributed by atoms with E-state index < -0.39 is 0 Å². The highest BCUT2D eigenvalue weighted by Crippen LogP contribution is 2.04. The lowest BCUT2D eigenvalue weighted by Crippen LogP contribution is -1.80. The maximum absolute atomic E-state index is 4.04. The molecule has 0 radical (unpaired) electrons. The average molecular weight is 246 g/mol. The Morgan fingerprint density at radius 1 is 1.40 bits per heavy atom. The Hall–Kier alpha value is -0.720. The van der Waals surface area contributed by atoms with Gasteiger partial charge in [-0.15, -0.1) is 13.2 Å². The molecule has 0 aliphatic rings. The van der Waals surface area contributed by atoms with Crippen LogP contribution in [0.4, 0.5) is 0 Å². The van der Waals surface area contributed by atoms with Gasteiger partial charge in [-0.25, -0.2) is 4.98 Å². The SMILES string of the molecule is In1nc2cccnc2n1. The quantitative estimate of drug-likeness (QED) is 0.652. The minimum Gasteiger partial charge on any atom is -0.234 e. The van der Waals surface area contributed by atoms with E-state index in [1.165, 1.54) is 3.01 Å². The van der Waals surface area contributed by atoms with Crippen LogP contribution in [0, 0.1) is 0 Å². The molecule has 50 valence electrons. The van der Waals surface area contributed by atoms with Crippen molar-refractivity contribution in [1.82, 2.24) is 18.2 Å². The molecule has 0 aliphatic carbocycles. The summed E-state index contributed by atoms with van der Waals surface area (Å²) < 4.78 is 1.48. The van der Waals surface area contributed by atoms with Gasteiger partial charge in [0.25, 0.3) is 0 Å². The minimum atomic E-state index is 0.692. The van der Waals surface area contributed by atoms with Crippen molar-refractivity contribution in [2.24, 2.45) is 0 Å². The zero-order chi connectivity index (χ0) is 6.97. The van der Waals surface area contributed by atoms with Crippen LogP contribution in [0.2, 0.25) is 0 Å². The van der Waals surface area contributed by atoms with E-state index in [4.69, 9.17) is 0 Å². The van der Waals surface area contributed by atoms with E-state index in [9.17, 15) is 0 Å². The van der Waals surface area contributed by atoms with E-state index in [0.717, 1.165) is 5.52 Å². The molecule has 2 aromatic heterocycles. The Labute approximate surface area is 70.7 Å². The Balaban J connectivity index is 2.88. The minimum absolute atomic E-state index is 0.692. The zero-order valence-electron chi connectivity index (χ0n) is 4.90. The molecule has 0 saturated heterocycles. The van der Waals surface area contributed by atoms with Crippen LogP contribution in [-0.2, 0) is 0 Å². The lowest BCUT2D eigenvalue weighted by atomic mass is 10.4. The number of rotatable bonds is 0. The summed E-state index contributed by atoms with van der Waals surface area (Å²) >= 11 is 1.99. The van der Waals surface area contributed by atoms with Crippen molar-refractivity contribution >= 4 is 34.0 Å². The highest BCUT2D eigenvalue weighted by atomic mass is 127. The largest absolute Gasteiger partial charge is 0.234 e. The van der Waals surface area contributed by atoms with Gasteiger partial charge < -0.3 is 0 Å². The number of pyridine rings is 1. The molecule has 0 aliphatic heterocycles. The number of fused-ring (bicyclic) bond motifs is 1. The molecular formula is C5H3IN4. The summed E-state index contributed by atoms with van der Waals surface area (Å²) in [5.41, 5.74) is 1.52. The number of hydrogen-bond donors (Lipinski definition) is 0. The molecular weight excluding hydrogens is 243 g/mol. The molecule has 0 aromatic carbocycles. The maximum atomic E-state index is 4.04. The van der Waals surface area contributed by atoms with Gasteiger partial charge in [-0.3, -0.25) is 0 Å².